The lowest BCUT2D eigenvalue weighted by molar-refractivity contribution is 0.394. The van der Waals surface area contributed by atoms with E-state index >= 15 is 0 Å². The summed E-state index contributed by atoms with van der Waals surface area (Å²) in [7, 11) is 1.54. The summed E-state index contributed by atoms with van der Waals surface area (Å²) in [5.74, 6) is 0.598. The molecule has 0 bridgehead atoms. The third-order valence-corrected chi connectivity index (χ3v) is 2.05. The molecule has 1 aromatic rings. The summed E-state index contributed by atoms with van der Waals surface area (Å²) in [6.07, 6.45) is 0. The van der Waals surface area contributed by atoms with Gasteiger partial charge in [-0.1, -0.05) is 0 Å². The van der Waals surface area contributed by atoms with E-state index in [-0.39, 0.29) is 0 Å². The molecule has 0 radical (unpaired) electrons. The van der Waals surface area contributed by atoms with Gasteiger partial charge in [0.05, 0.1) is 18.7 Å². The minimum atomic E-state index is 0.533. The summed E-state index contributed by atoms with van der Waals surface area (Å²) in [5.41, 5.74) is 0.533. The lowest BCUT2D eigenvalue weighted by Gasteiger charge is -2.06. The molecule has 0 unspecified atom stereocenters. The highest BCUT2D eigenvalue weighted by atomic mass is 32.1. The molecule has 0 N–H and O–H groups in total. The second kappa shape index (κ2) is 3.74. The molecule has 2 nitrogen and oxygen atoms in total. The molecular formula is C8H7NOS2. The van der Waals surface area contributed by atoms with Crippen LogP contribution in [0.15, 0.2) is 21.9 Å². The molecule has 0 aliphatic heterocycles. The maximum absolute atomic E-state index is 8.59. The lowest BCUT2D eigenvalue weighted by Crippen LogP contribution is -1.87. The number of thiol groups is 2. The fourth-order valence-electron chi connectivity index (χ4n) is 0.872. The van der Waals surface area contributed by atoms with Gasteiger partial charge >= 0.3 is 0 Å². The van der Waals surface area contributed by atoms with Crippen molar-refractivity contribution in [1.82, 2.24) is 0 Å². The standard InChI is InChI=1S/C8H7NOS2/c1-10-8-6(11)2-5(4-9)3-7(8)12/h2-3,11-12H,1H3. The molecule has 12 heavy (non-hydrogen) atoms. The molecule has 0 aromatic heterocycles. The number of rotatable bonds is 1. The normalized spacial score (nSPS) is 9.17. The highest BCUT2D eigenvalue weighted by Gasteiger charge is 2.05. The van der Waals surface area contributed by atoms with Crippen LogP contribution in [0.2, 0.25) is 0 Å². The van der Waals surface area contributed by atoms with Gasteiger partial charge in [0.25, 0.3) is 0 Å². The van der Waals surface area contributed by atoms with Gasteiger partial charge in [0.1, 0.15) is 5.75 Å². The maximum atomic E-state index is 8.59. The Hall–Kier alpha value is -0.790. The summed E-state index contributed by atoms with van der Waals surface area (Å²) < 4.78 is 5.01. The van der Waals surface area contributed by atoms with Crippen LogP contribution >= 0.6 is 25.3 Å². The third-order valence-electron chi connectivity index (χ3n) is 1.38. The predicted octanol–water partition coefficient (Wildman–Crippen LogP) is 2.14. The number of benzene rings is 1. The molecule has 0 saturated carbocycles. The minimum Gasteiger partial charge on any atom is -0.494 e. The first-order valence-electron chi connectivity index (χ1n) is 3.19. The van der Waals surface area contributed by atoms with E-state index in [9.17, 15) is 0 Å². The summed E-state index contributed by atoms with van der Waals surface area (Å²) in [6, 6.07) is 5.29. The highest BCUT2D eigenvalue weighted by Crippen LogP contribution is 2.30. The molecule has 0 spiro atoms. The molecule has 0 atom stereocenters. The Morgan fingerprint density at radius 2 is 1.83 bits per heavy atom. The van der Waals surface area contributed by atoms with E-state index in [1.54, 1.807) is 19.2 Å². The lowest BCUT2D eigenvalue weighted by atomic mass is 10.2. The number of nitriles is 1. The third kappa shape index (κ3) is 1.68. The number of methoxy groups -OCH3 is 1. The molecular weight excluding hydrogens is 190 g/mol. The Morgan fingerprint density at radius 3 is 2.17 bits per heavy atom. The molecule has 0 amide bonds. The summed E-state index contributed by atoms with van der Waals surface area (Å²) >= 11 is 8.29. The summed E-state index contributed by atoms with van der Waals surface area (Å²) in [5, 5.41) is 8.59. The fraction of sp³-hybridized carbons (Fsp3) is 0.125. The topological polar surface area (TPSA) is 33.0 Å². The van der Waals surface area contributed by atoms with Crippen molar-refractivity contribution >= 4 is 25.3 Å². The molecule has 0 fully saturated rings. The van der Waals surface area contributed by atoms with Crippen molar-refractivity contribution in [1.29, 1.82) is 5.26 Å². The molecule has 0 aliphatic carbocycles. The molecule has 0 heterocycles. The van der Waals surface area contributed by atoms with E-state index in [4.69, 9.17) is 10.00 Å². The van der Waals surface area contributed by atoms with Crippen LogP contribution in [0.4, 0.5) is 0 Å². The second-order valence-corrected chi connectivity index (χ2v) is 3.12. The average Bonchev–Trinajstić information content (AvgIpc) is 2.03. The molecule has 0 aliphatic rings. The van der Waals surface area contributed by atoms with Crippen LogP contribution in [0.1, 0.15) is 5.56 Å². The Balaban J connectivity index is 3.30. The molecule has 1 rings (SSSR count). The van der Waals surface area contributed by atoms with Gasteiger partial charge in [-0.25, -0.2) is 0 Å². The second-order valence-electron chi connectivity index (χ2n) is 2.16. The monoisotopic (exact) mass is 197 g/mol. The Kier molecular flexibility index (Phi) is 2.90. The van der Waals surface area contributed by atoms with E-state index in [0.717, 1.165) is 0 Å². The first-order valence-corrected chi connectivity index (χ1v) is 4.08. The predicted molar refractivity (Wildman–Crippen MR) is 52.2 cm³/mol. The van der Waals surface area contributed by atoms with Crippen LogP contribution in [-0.2, 0) is 0 Å². The van der Waals surface area contributed by atoms with Crippen LogP contribution < -0.4 is 4.74 Å². The highest BCUT2D eigenvalue weighted by molar-refractivity contribution is 7.81. The van der Waals surface area contributed by atoms with Gasteiger partial charge in [-0.3, -0.25) is 0 Å². The van der Waals surface area contributed by atoms with Crippen molar-refractivity contribution in [3.05, 3.63) is 17.7 Å². The van der Waals surface area contributed by atoms with E-state index in [1.807, 2.05) is 6.07 Å². The van der Waals surface area contributed by atoms with Gasteiger partial charge < -0.3 is 4.74 Å². The van der Waals surface area contributed by atoms with E-state index in [0.29, 0.717) is 21.1 Å². The Labute approximate surface area is 82.0 Å². The van der Waals surface area contributed by atoms with E-state index < -0.39 is 0 Å². The zero-order valence-electron chi connectivity index (χ0n) is 6.40. The largest absolute Gasteiger partial charge is 0.494 e. The van der Waals surface area contributed by atoms with Gasteiger partial charge in [0.15, 0.2) is 0 Å². The van der Waals surface area contributed by atoms with E-state index in [1.165, 1.54) is 0 Å². The van der Waals surface area contributed by atoms with Crippen molar-refractivity contribution in [3.63, 3.8) is 0 Å². The number of ether oxygens (including phenoxy) is 1. The van der Waals surface area contributed by atoms with Gasteiger partial charge in [-0.05, 0) is 12.1 Å². The molecule has 1 aromatic carbocycles. The van der Waals surface area contributed by atoms with Crippen molar-refractivity contribution < 1.29 is 4.74 Å². The smallest absolute Gasteiger partial charge is 0.145 e. The van der Waals surface area contributed by atoms with Crippen molar-refractivity contribution in [2.45, 2.75) is 9.79 Å². The van der Waals surface area contributed by atoms with Gasteiger partial charge in [-0.15, -0.1) is 25.3 Å². The van der Waals surface area contributed by atoms with Gasteiger partial charge in [0, 0.05) is 9.79 Å². The summed E-state index contributed by atoms with van der Waals surface area (Å²) in [4.78, 5) is 1.25. The quantitative estimate of drug-likeness (QED) is 0.676. The number of nitrogens with zero attached hydrogens (tertiary/aromatic N) is 1. The van der Waals surface area contributed by atoms with Crippen LogP contribution in [-0.4, -0.2) is 7.11 Å². The van der Waals surface area contributed by atoms with Crippen LogP contribution in [0.3, 0.4) is 0 Å². The van der Waals surface area contributed by atoms with Crippen LogP contribution in [0.5, 0.6) is 5.75 Å². The molecule has 62 valence electrons. The Bertz CT molecular complexity index is 320. The van der Waals surface area contributed by atoms with Gasteiger partial charge in [0.2, 0.25) is 0 Å². The number of hydrogen-bond acceptors (Lipinski definition) is 4. The van der Waals surface area contributed by atoms with Crippen molar-refractivity contribution in [2.24, 2.45) is 0 Å². The average molecular weight is 197 g/mol. The zero-order chi connectivity index (χ0) is 9.14. The van der Waals surface area contributed by atoms with Crippen molar-refractivity contribution in [3.8, 4) is 11.8 Å². The zero-order valence-corrected chi connectivity index (χ0v) is 8.19. The first kappa shape index (κ1) is 9.30. The fourth-order valence-corrected chi connectivity index (χ4v) is 1.66. The first-order chi connectivity index (χ1) is 5.69. The molecule has 4 heteroatoms. The molecule has 0 saturated heterocycles. The minimum absolute atomic E-state index is 0.533. The van der Waals surface area contributed by atoms with Crippen molar-refractivity contribution in [2.75, 3.05) is 7.11 Å². The maximum Gasteiger partial charge on any atom is 0.145 e. The number of hydrogen-bond donors (Lipinski definition) is 2. The SMILES string of the molecule is COc1c(S)cc(C#N)cc1S. The van der Waals surface area contributed by atoms with Crippen LogP contribution in [0, 0.1) is 11.3 Å². The Morgan fingerprint density at radius 1 is 1.33 bits per heavy atom. The van der Waals surface area contributed by atoms with Gasteiger partial charge in [-0.2, -0.15) is 5.26 Å². The summed E-state index contributed by atoms with van der Waals surface area (Å²) in [6.45, 7) is 0. The van der Waals surface area contributed by atoms with E-state index in [2.05, 4.69) is 25.3 Å². The van der Waals surface area contributed by atoms with Crippen LogP contribution in [0.25, 0.3) is 0 Å².